The minimum atomic E-state index is -4.55. The first-order chi connectivity index (χ1) is 14.1. The van der Waals surface area contributed by atoms with Crippen molar-refractivity contribution in [2.75, 3.05) is 11.9 Å². The number of halogens is 3. The lowest BCUT2D eigenvalue weighted by molar-refractivity contribution is -0.137. The Morgan fingerprint density at radius 1 is 1.10 bits per heavy atom. The largest absolute Gasteiger partial charge is 0.491 e. The number of hydrogen-bond acceptors (Lipinski definition) is 3. The van der Waals surface area contributed by atoms with E-state index in [1.54, 1.807) is 12.1 Å². The van der Waals surface area contributed by atoms with E-state index >= 15 is 0 Å². The second-order valence-electron chi connectivity index (χ2n) is 6.97. The van der Waals surface area contributed by atoms with Crippen molar-refractivity contribution in [1.29, 1.82) is 0 Å². The number of nitrogens with one attached hydrogen (secondary N) is 2. The fourth-order valence-corrected chi connectivity index (χ4v) is 2.82. The molecule has 1 unspecified atom stereocenters. The van der Waals surface area contributed by atoms with E-state index in [1.807, 2.05) is 26.0 Å². The van der Waals surface area contributed by atoms with E-state index in [-0.39, 0.29) is 23.8 Å². The molecule has 2 amide bonds. The molecule has 0 bridgehead atoms. The molecule has 162 valence electrons. The topological polar surface area (TPSA) is 67.4 Å². The summed E-state index contributed by atoms with van der Waals surface area (Å²) in [5, 5.41) is 5.21. The van der Waals surface area contributed by atoms with E-state index in [9.17, 15) is 22.8 Å². The molecular formula is C22H25F3N2O3. The van der Waals surface area contributed by atoms with E-state index in [2.05, 4.69) is 10.6 Å². The molecule has 0 spiro atoms. The van der Waals surface area contributed by atoms with Crippen molar-refractivity contribution in [3.05, 3.63) is 59.2 Å². The van der Waals surface area contributed by atoms with Crippen molar-refractivity contribution in [1.82, 2.24) is 5.32 Å². The molecule has 30 heavy (non-hydrogen) atoms. The van der Waals surface area contributed by atoms with Crippen LogP contribution >= 0.6 is 0 Å². The summed E-state index contributed by atoms with van der Waals surface area (Å²) in [4.78, 5) is 24.2. The molecule has 8 heteroatoms. The fraction of sp³-hybridized carbons (Fsp3) is 0.364. The Morgan fingerprint density at radius 2 is 1.77 bits per heavy atom. The summed E-state index contributed by atoms with van der Waals surface area (Å²) in [6.07, 6.45) is -4.04. The Hall–Kier alpha value is -3.03. The van der Waals surface area contributed by atoms with Crippen molar-refractivity contribution in [2.45, 2.75) is 45.8 Å². The summed E-state index contributed by atoms with van der Waals surface area (Å²) in [7, 11) is 0. The minimum Gasteiger partial charge on any atom is -0.491 e. The average Bonchev–Trinajstić information content (AvgIpc) is 2.66. The van der Waals surface area contributed by atoms with Crippen molar-refractivity contribution in [3.63, 3.8) is 0 Å². The van der Waals surface area contributed by atoms with E-state index < -0.39 is 23.7 Å². The lowest BCUT2D eigenvalue weighted by Crippen LogP contribution is -2.29. The number of aryl methyl sites for hydroxylation is 1. The van der Waals surface area contributed by atoms with Crippen LogP contribution in [-0.4, -0.2) is 18.4 Å². The zero-order chi connectivity index (χ0) is 22.3. The quantitative estimate of drug-likeness (QED) is 0.629. The SMILES string of the molecule is CCCOc1ccc(C(F)(F)F)cc1NC(=O)CC(NC(C)=O)c1ccc(C)cc1. The van der Waals surface area contributed by atoms with Gasteiger partial charge in [0.05, 0.1) is 30.3 Å². The molecule has 0 fully saturated rings. The molecule has 0 radical (unpaired) electrons. The van der Waals surface area contributed by atoms with Gasteiger partial charge in [-0.1, -0.05) is 36.8 Å². The normalized spacial score (nSPS) is 12.2. The lowest BCUT2D eigenvalue weighted by atomic mass is 10.0. The van der Waals surface area contributed by atoms with Gasteiger partial charge in [-0.05, 0) is 37.1 Å². The maximum atomic E-state index is 13.1. The fourth-order valence-electron chi connectivity index (χ4n) is 2.82. The molecule has 2 aromatic rings. The van der Waals surface area contributed by atoms with Crippen LogP contribution in [0.5, 0.6) is 5.75 Å². The molecule has 0 aromatic heterocycles. The number of carbonyl (C=O) groups excluding carboxylic acids is 2. The van der Waals surface area contributed by atoms with Crippen LogP contribution in [0.4, 0.5) is 18.9 Å². The third kappa shape index (κ3) is 6.79. The summed E-state index contributed by atoms with van der Waals surface area (Å²) in [5.74, 6) is -0.709. The molecule has 2 N–H and O–H groups in total. The van der Waals surface area contributed by atoms with E-state index in [0.29, 0.717) is 13.0 Å². The van der Waals surface area contributed by atoms with Gasteiger partial charge in [0.25, 0.3) is 0 Å². The monoisotopic (exact) mass is 422 g/mol. The Bertz CT molecular complexity index is 880. The smallest absolute Gasteiger partial charge is 0.416 e. The van der Waals surface area contributed by atoms with Gasteiger partial charge in [-0.25, -0.2) is 0 Å². The van der Waals surface area contributed by atoms with Gasteiger partial charge >= 0.3 is 6.18 Å². The third-order valence-corrected chi connectivity index (χ3v) is 4.29. The lowest BCUT2D eigenvalue weighted by Gasteiger charge is -2.19. The van der Waals surface area contributed by atoms with E-state index in [4.69, 9.17) is 4.74 Å². The first-order valence-electron chi connectivity index (χ1n) is 9.57. The Kier molecular flexibility index (Phi) is 7.86. The van der Waals surface area contributed by atoms with Crippen LogP contribution < -0.4 is 15.4 Å². The molecule has 0 aliphatic carbocycles. The summed E-state index contributed by atoms with van der Waals surface area (Å²) in [5.41, 5.74) is 0.788. The Morgan fingerprint density at radius 3 is 2.33 bits per heavy atom. The maximum Gasteiger partial charge on any atom is 0.416 e. The molecule has 2 rings (SSSR count). The molecule has 0 aliphatic heterocycles. The highest BCUT2D eigenvalue weighted by atomic mass is 19.4. The number of amides is 2. The maximum absolute atomic E-state index is 13.1. The summed E-state index contributed by atoms with van der Waals surface area (Å²) < 4.78 is 44.8. The van der Waals surface area contributed by atoms with Gasteiger partial charge < -0.3 is 15.4 Å². The molecule has 0 saturated carbocycles. The van der Waals surface area contributed by atoms with Crippen LogP contribution in [0.25, 0.3) is 0 Å². The first kappa shape index (κ1) is 23.3. The van der Waals surface area contributed by atoms with Gasteiger partial charge in [-0.3, -0.25) is 9.59 Å². The van der Waals surface area contributed by atoms with E-state index in [1.165, 1.54) is 13.0 Å². The van der Waals surface area contributed by atoms with Gasteiger partial charge in [-0.15, -0.1) is 0 Å². The second-order valence-corrected chi connectivity index (χ2v) is 6.97. The zero-order valence-electron chi connectivity index (χ0n) is 17.1. The molecular weight excluding hydrogens is 397 g/mol. The van der Waals surface area contributed by atoms with Crippen molar-refractivity contribution < 1.29 is 27.5 Å². The Labute approximate surface area is 173 Å². The predicted octanol–water partition coefficient (Wildman–Crippen LogP) is 5.01. The number of hydrogen-bond donors (Lipinski definition) is 2. The molecule has 0 heterocycles. The number of carbonyl (C=O) groups is 2. The van der Waals surface area contributed by atoms with Gasteiger partial charge in [0.15, 0.2) is 0 Å². The molecule has 0 aliphatic rings. The zero-order valence-corrected chi connectivity index (χ0v) is 17.1. The van der Waals surface area contributed by atoms with Crippen LogP contribution in [0.1, 0.15) is 49.4 Å². The highest BCUT2D eigenvalue weighted by Gasteiger charge is 2.31. The standard InChI is InChI=1S/C22H25F3N2O3/c1-4-11-30-20-10-9-17(22(23,24)25)12-19(20)27-21(29)13-18(26-15(3)28)16-7-5-14(2)6-8-16/h5-10,12,18H,4,11,13H2,1-3H3,(H,26,28)(H,27,29). The number of benzene rings is 2. The van der Waals surface area contributed by atoms with Crippen LogP contribution in [0.2, 0.25) is 0 Å². The number of anilines is 1. The highest BCUT2D eigenvalue weighted by molar-refractivity contribution is 5.93. The van der Waals surface area contributed by atoms with Gasteiger partial charge in [-0.2, -0.15) is 13.2 Å². The third-order valence-electron chi connectivity index (χ3n) is 4.29. The van der Waals surface area contributed by atoms with Gasteiger partial charge in [0, 0.05) is 6.92 Å². The summed E-state index contributed by atoms with van der Waals surface area (Å²) >= 11 is 0. The highest BCUT2D eigenvalue weighted by Crippen LogP contribution is 2.35. The molecule has 1 atom stereocenters. The first-order valence-corrected chi connectivity index (χ1v) is 9.57. The van der Waals surface area contributed by atoms with Crippen molar-refractivity contribution in [2.24, 2.45) is 0 Å². The van der Waals surface area contributed by atoms with Crippen molar-refractivity contribution >= 4 is 17.5 Å². The van der Waals surface area contributed by atoms with Crippen LogP contribution in [0.15, 0.2) is 42.5 Å². The van der Waals surface area contributed by atoms with Gasteiger partial charge in [0.2, 0.25) is 11.8 Å². The second kappa shape index (κ2) is 10.1. The Balaban J connectivity index is 2.24. The number of ether oxygens (including phenoxy) is 1. The van der Waals surface area contributed by atoms with Crippen molar-refractivity contribution in [3.8, 4) is 5.75 Å². The minimum absolute atomic E-state index is 0.0613. The van der Waals surface area contributed by atoms with Crippen LogP contribution in [0, 0.1) is 6.92 Å². The molecule has 0 saturated heterocycles. The number of rotatable bonds is 8. The summed E-state index contributed by atoms with van der Waals surface area (Å²) in [6.45, 7) is 5.41. The average molecular weight is 422 g/mol. The predicted molar refractivity (Wildman–Crippen MR) is 108 cm³/mol. The van der Waals surface area contributed by atoms with E-state index in [0.717, 1.165) is 23.3 Å². The van der Waals surface area contributed by atoms with Crippen LogP contribution in [-0.2, 0) is 15.8 Å². The molecule has 5 nitrogen and oxygen atoms in total. The van der Waals surface area contributed by atoms with Crippen LogP contribution in [0.3, 0.4) is 0 Å². The van der Waals surface area contributed by atoms with Gasteiger partial charge in [0.1, 0.15) is 5.75 Å². The molecule has 2 aromatic carbocycles. The number of alkyl halides is 3. The summed E-state index contributed by atoms with van der Waals surface area (Å²) in [6, 6.07) is 9.63.